The van der Waals surface area contributed by atoms with Crippen molar-refractivity contribution >= 4 is 22.3 Å². The highest BCUT2D eigenvalue weighted by Crippen LogP contribution is 2.22. The first-order chi connectivity index (χ1) is 11.4. The molecule has 23 heavy (non-hydrogen) atoms. The van der Waals surface area contributed by atoms with Crippen LogP contribution in [0.2, 0.25) is 0 Å². The summed E-state index contributed by atoms with van der Waals surface area (Å²) in [6, 6.07) is 4.34. The molecule has 1 atom stereocenters. The van der Waals surface area contributed by atoms with Gasteiger partial charge in [0.1, 0.15) is 0 Å². The lowest BCUT2D eigenvalue weighted by Crippen LogP contribution is -2.52. The molecule has 1 unspecified atom stereocenters. The second kappa shape index (κ2) is 8.55. The molecule has 2 aliphatic heterocycles. The zero-order valence-corrected chi connectivity index (χ0v) is 14.9. The second-order valence-corrected chi connectivity index (χ2v) is 7.01. The van der Waals surface area contributed by atoms with Crippen LogP contribution in [0.5, 0.6) is 0 Å². The van der Waals surface area contributed by atoms with Gasteiger partial charge in [-0.1, -0.05) is 0 Å². The summed E-state index contributed by atoms with van der Waals surface area (Å²) in [5.74, 6) is 1.07. The van der Waals surface area contributed by atoms with Crippen LogP contribution < -0.4 is 10.2 Å². The van der Waals surface area contributed by atoms with E-state index in [2.05, 4.69) is 39.6 Å². The fourth-order valence-electron chi connectivity index (χ4n) is 3.20. The van der Waals surface area contributed by atoms with Gasteiger partial charge in [-0.15, -0.1) is 11.3 Å². The smallest absolute Gasteiger partial charge is 0.194 e. The maximum Gasteiger partial charge on any atom is 0.194 e. The molecular formula is C17H28N4OS. The number of aliphatic imine (C=N–C) groups is 1. The van der Waals surface area contributed by atoms with Crippen molar-refractivity contribution in [3.8, 4) is 0 Å². The van der Waals surface area contributed by atoms with Gasteiger partial charge in [-0.3, -0.25) is 4.99 Å². The van der Waals surface area contributed by atoms with Gasteiger partial charge in [0.15, 0.2) is 5.96 Å². The van der Waals surface area contributed by atoms with E-state index in [9.17, 15) is 0 Å². The van der Waals surface area contributed by atoms with Crippen LogP contribution in [0.3, 0.4) is 0 Å². The molecule has 1 aromatic rings. The highest BCUT2D eigenvalue weighted by molar-refractivity contribution is 7.14. The summed E-state index contributed by atoms with van der Waals surface area (Å²) < 4.78 is 5.69. The molecule has 2 aliphatic rings. The maximum absolute atomic E-state index is 5.69. The molecule has 0 spiro atoms. The molecule has 2 fully saturated rings. The molecule has 0 radical (unpaired) electrons. The highest BCUT2D eigenvalue weighted by atomic mass is 32.1. The Balaban J connectivity index is 1.49. The zero-order valence-electron chi connectivity index (χ0n) is 14.0. The topological polar surface area (TPSA) is 40.1 Å². The third-order valence-electron chi connectivity index (χ3n) is 4.47. The van der Waals surface area contributed by atoms with Crippen molar-refractivity contribution in [1.82, 2.24) is 10.2 Å². The largest absolute Gasteiger partial charge is 0.378 e. The van der Waals surface area contributed by atoms with Gasteiger partial charge in [0.05, 0.1) is 11.1 Å². The molecule has 3 heterocycles. The van der Waals surface area contributed by atoms with E-state index in [1.54, 1.807) is 0 Å². The van der Waals surface area contributed by atoms with E-state index in [1.165, 1.54) is 17.8 Å². The van der Waals surface area contributed by atoms with E-state index < -0.39 is 0 Å². The van der Waals surface area contributed by atoms with Gasteiger partial charge in [-0.2, -0.15) is 0 Å². The van der Waals surface area contributed by atoms with Crippen LogP contribution in [0.1, 0.15) is 26.2 Å². The average molecular weight is 337 g/mol. The number of nitrogens with one attached hydrogen (secondary N) is 1. The molecule has 0 aliphatic carbocycles. The van der Waals surface area contributed by atoms with Crippen LogP contribution in [-0.4, -0.2) is 62.8 Å². The van der Waals surface area contributed by atoms with Crippen LogP contribution in [0.15, 0.2) is 22.5 Å². The summed E-state index contributed by atoms with van der Waals surface area (Å²) in [6.07, 6.45) is 3.88. The number of rotatable bonds is 5. The third kappa shape index (κ3) is 4.61. The number of hydrogen-bond donors (Lipinski definition) is 1. The van der Waals surface area contributed by atoms with E-state index >= 15 is 0 Å². The molecule has 1 N–H and O–H groups in total. The standard InChI is InChI=1S/C17H28N4OS/c1-2-18-17(19-8-7-15-5-3-13-22-15)21-11-9-20(10-12-21)16-6-4-14-23-16/h4,6,14-15H,2-3,5,7-13H2,1H3,(H,18,19). The lowest BCUT2D eigenvalue weighted by molar-refractivity contribution is 0.106. The number of guanidine groups is 1. The Hall–Kier alpha value is -1.27. The van der Waals surface area contributed by atoms with Crippen molar-refractivity contribution in [2.24, 2.45) is 4.99 Å². The summed E-state index contributed by atoms with van der Waals surface area (Å²) in [7, 11) is 0. The Labute approximate surface area is 143 Å². The minimum atomic E-state index is 0.428. The van der Waals surface area contributed by atoms with E-state index in [-0.39, 0.29) is 0 Å². The lowest BCUT2D eigenvalue weighted by Gasteiger charge is -2.37. The van der Waals surface area contributed by atoms with Gasteiger partial charge in [0, 0.05) is 45.9 Å². The van der Waals surface area contributed by atoms with Gasteiger partial charge >= 0.3 is 0 Å². The number of anilines is 1. The first-order valence-corrected chi connectivity index (χ1v) is 9.68. The first kappa shape index (κ1) is 16.6. The van der Waals surface area contributed by atoms with Crippen LogP contribution in [0, 0.1) is 0 Å². The maximum atomic E-state index is 5.69. The number of thiophene rings is 1. The number of piperazine rings is 1. The molecule has 2 saturated heterocycles. The van der Waals surface area contributed by atoms with Crippen LogP contribution in [-0.2, 0) is 4.74 Å². The molecule has 0 amide bonds. The van der Waals surface area contributed by atoms with Crippen LogP contribution in [0.4, 0.5) is 5.00 Å². The normalized spacial score (nSPS) is 22.7. The van der Waals surface area contributed by atoms with Crippen LogP contribution >= 0.6 is 11.3 Å². The van der Waals surface area contributed by atoms with Gasteiger partial charge < -0.3 is 19.9 Å². The quantitative estimate of drug-likeness (QED) is 0.662. The van der Waals surface area contributed by atoms with E-state index in [4.69, 9.17) is 9.73 Å². The van der Waals surface area contributed by atoms with Crippen molar-refractivity contribution in [3.05, 3.63) is 17.5 Å². The second-order valence-electron chi connectivity index (χ2n) is 6.08. The van der Waals surface area contributed by atoms with Crippen molar-refractivity contribution in [2.75, 3.05) is 50.8 Å². The summed E-state index contributed by atoms with van der Waals surface area (Å²) in [5.41, 5.74) is 0. The monoisotopic (exact) mass is 336 g/mol. The lowest BCUT2D eigenvalue weighted by atomic mass is 10.2. The molecule has 128 valence electrons. The average Bonchev–Trinajstić information content (AvgIpc) is 3.28. The van der Waals surface area contributed by atoms with Crippen molar-refractivity contribution in [3.63, 3.8) is 0 Å². The highest BCUT2D eigenvalue weighted by Gasteiger charge is 2.20. The van der Waals surface area contributed by atoms with E-state index in [0.717, 1.165) is 58.3 Å². The van der Waals surface area contributed by atoms with E-state index in [0.29, 0.717) is 6.10 Å². The molecule has 1 aromatic heterocycles. The predicted octanol–water partition coefficient (Wildman–Crippen LogP) is 2.40. The fraction of sp³-hybridized carbons (Fsp3) is 0.706. The van der Waals surface area contributed by atoms with Gasteiger partial charge in [-0.25, -0.2) is 0 Å². The summed E-state index contributed by atoms with van der Waals surface area (Å²) in [5, 5.41) is 6.98. The minimum absolute atomic E-state index is 0.428. The molecular weight excluding hydrogens is 308 g/mol. The fourth-order valence-corrected chi connectivity index (χ4v) is 3.99. The summed E-state index contributed by atoms with van der Waals surface area (Å²) in [4.78, 5) is 9.69. The minimum Gasteiger partial charge on any atom is -0.378 e. The Morgan fingerprint density at radius 1 is 1.39 bits per heavy atom. The Morgan fingerprint density at radius 2 is 2.26 bits per heavy atom. The Bertz CT molecular complexity index is 477. The number of nitrogens with zero attached hydrogens (tertiary/aromatic N) is 3. The molecule has 0 bridgehead atoms. The zero-order chi connectivity index (χ0) is 15.9. The molecule has 3 rings (SSSR count). The molecule has 6 heteroatoms. The third-order valence-corrected chi connectivity index (χ3v) is 5.40. The van der Waals surface area contributed by atoms with Crippen LogP contribution in [0.25, 0.3) is 0 Å². The molecule has 0 aromatic carbocycles. The molecule has 5 nitrogen and oxygen atoms in total. The Morgan fingerprint density at radius 3 is 2.91 bits per heavy atom. The predicted molar refractivity (Wildman–Crippen MR) is 97.7 cm³/mol. The SMILES string of the molecule is CCNC(=NCCC1CCCO1)N1CCN(c2cccs2)CC1. The van der Waals surface area contributed by atoms with Crippen molar-refractivity contribution in [2.45, 2.75) is 32.3 Å². The van der Waals surface area contributed by atoms with Crippen molar-refractivity contribution in [1.29, 1.82) is 0 Å². The van der Waals surface area contributed by atoms with Gasteiger partial charge in [0.2, 0.25) is 0 Å². The number of hydrogen-bond acceptors (Lipinski definition) is 4. The summed E-state index contributed by atoms with van der Waals surface area (Å²) >= 11 is 1.82. The molecule has 0 saturated carbocycles. The van der Waals surface area contributed by atoms with Crippen molar-refractivity contribution < 1.29 is 4.74 Å². The first-order valence-electron chi connectivity index (χ1n) is 8.80. The summed E-state index contributed by atoms with van der Waals surface area (Å²) in [6.45, 7) is 9.04. The Kier molecular flexibility index (Phi) is 6.16. The number of ether oxygens (including phenoxy) is 1. The van der Waals surface area contributed by atoms with E-state index in [1.807, 2.05) is 11.3 Å². The van der Waals surface area contributed by atoms with Gasteiger partial charge in [0.25, 0.3) is 0 Å². The van der Waals surface area contributed by atoms with Gasteiger partial charge in [-0.05, 0) is 43.7 Å².